The predicted molar refractivity (Wildman–Crippen MR) is 144 cm³/mol. The van der Waals surface area contributed by atoms with Gasteiger partial charge in [-0.15, -0.1) is 10.2 Å². The summed E-state index contributed by atoms with van der Waals surface area (Å²) in [6.07, 6.45) is 0.812. The molecule has 0 radical (unpaired) electrons. The van der Waals surface area contributed by atoms with Crippen molar-refractivity contribution in [3.8, 4) is 5.69 Å². The third kappa shape index (κ3) is 4.66. The lowest BCUT2D eigenvalue weighted by molar-refractivity contribution is -0.136. The third-order valence-electron chi connectivity index (χ3n) is 8.88. The average molecular weight is 573 g/mol. The Labute approximate surface area is 234 Å². The van der Waals surface area contributed by atoms with Crippen LogP contribution in [0.4, 0.5) is 17.6 Å². The standard InChI is InChI=1S/C29H32F4N6O2/c1-18(37-9-7-21(30)8-10-37)19-11-24(29(31,32)33)25-16-38(27(40)39(25)15-19)22-6-4-5-20(12-22)28(13-23(14-28)41-3)26-35-34-17-36(26)2/h4-6,11-12,15-18,21,23H,7-10,13-14H2,1-3H3/t18-,23?,28?/m1/s1. The number of piperidine rings is 1. The molecular formula is C29H32F4N6O2. The van der Waals surface area contributed by atoms with Crippen LogP contribution in [0.25, 0.3) is 11.2 Å². The Hall–Kier alpha value is -3.51. The molecule has 4 heterocycles. The summed E-state index contributed by atoms with van der Waals surface area (Å²) in [6, 6.07) is 7.98. The molecule has 4 aromatic rings. The Kier molecular flexibility index (Phi) is 6.80. The Bertz CT molecular complexity index is 1630. The number of imidazole rings is 1. The fraction of sp³-hybridized carbons (Fsp3) is 0.483. The van der Waals surface area contributed by atoms with E-state index in [0.717, 1.165) is 21.9 Å². The van der Waals surface area contributed by atoms with Crippen LogP contribution >= 0.6 is 0 Å². The molecular weight excluding hydrogens is 540 g/mol. The van der Waals surface area contributed by atoms with Gasteiger partial charge in [-0.2, -0.15) is 13.2 Å². The second-order valence-corrected chi connectivity index (χ2v) is 11.3. The SMILES string of the molecule is COC1CC(c2cccc(-n3cc4c(C(F)(F)F)cc([C@@H](C)N5CCC(F)CC5)cn4c3=O)c2)(c2nncn2C)C1. The molecule has 1 saturated heterocycles. The molecule has 1 aliphatic heterocycles. The van der Waals surface area contributed by atoms with E-state index in [-0.39, 0.29) is 11.6 Å². The molecule has 6 rings (SSSR count). The lowest BCUT2D eigenvalue weighted by Crippen LogP contribution is -2.48. The molecule has 0 spiro atoms. The van der Waals surface area contributed by atoms with Crippen LogP contribution in [0.15, 0.2) is 53.8 Å². The maximum atomic E-state index is 14.3. The van der Waals surface area contributed by atoms with E-state index in [0.29, 0.717) is 50.0 Å². The molecule has 12 heteroatoms. The largest absolute Gasteiger partial charge is 0.418 e. The van der Waals surface area contributed by atoms with E-state index in [1.165, 1.54) is 17.0 Å². The van der Waals surface area contributed by atoms with Crippen LogP contribution in [0.2, 0.25) is 0 Å². The minimum atomic E-state index is -4.68. The highest BCUT2D eigenvalue weighted by Crippen LogP contribution is 2.49. The Morgan fingerprint density at radius 3 is 2.49 bits per heavy atom. The van der Waals surface area contributed by atoms with E-state index in [2.05, 4.69) is 10.2 Å². The number of ether oxygens (including phenoxy) is 1. The molecule has 0 amide bonds. The molecule has 8 nitrogen and oxygen atoms in total. The molecule has 1 aliphatic carbocycles. The molecule has 1 saturated carbocycles. The smallest absolute Gasteiger partial charge is 0.381 e. The highest BCUT2D eigenvalue weighted by molar-refractivity contribution is 5.58. The number of hydrogen-bond acceptors (Lipinski definition) is 5. The number of benzene rings is 1. The van der Waals surface area contributed by atoms with Gasteiger partial charge in [-0.05, 0) is 61.9 Å². The first kappa shape index (κ1) is 27.6. The highest BCUT2D eigenvalue weighted by atomic mass is 19.4. The van der Waals surface area contributed by atoms with E-state index < -0.39 is 35.1 Å². The van der Waals surface area contributed by atoms with Crippen molar-refractivity contribution in [2.45, 2.75) is 62.5 Å². The van der Waals surface area contributed by atoms with Crippen molar-refractivity contribution >= 4 is 5.52 Å². The van der Waals surface area contributed by atoms with Crippen molar-refractivity contribution in [1.29, 1.82) is 0 Å². The number of methoxy groups -OCH3 is 1. The summed E-state index contributed by atoms with van der Waals surface area (Å²) in [5.41, 5.74) is -0.525. The summed E-state index contributed by atoms with van der Waals surface area (Å²) in [6.45, 7) is 2.69. The van der Waals surface area contributed by atoms with Crippen LogP contribution in [0.3, 0.4) is 0 Å². The van der Waals surface area contributed by atoms with E-state index in [1.807, 2.05) is 28.6 Å². The van der Waals surface area contributed by atoms with Gasteiger partial charge in [0.1, 0.15) is 18.3 Å². The first-order chi connectivity index (χ1) is 19.5. The van der Waals surface area contributed by atoms with Crippen molar-refractivity contribution in [2.75, 3.05) is 20.2 Å². The zero-order chi connectivity index (χ0) is 29.1. The minimum Gasteiger partial charge on any atom is -0.381 e. The van der Waals surface area contributed by atoms with Crippen LogP contribution in [0.5, 0.6) is 0 Å². The van der Waals surface area contributed by atoms with Gasteiger partial charge in [0.05, 0.1) is 28.3 Å². The second-order valence-electron chi connectivity index (χ2n) is 11.3. The topological polar surface area (TPSA) is 69.6 Å². The van der Waals surface area contributed by atoms with Crippen molar-refractivity contribution in [3.05, 3.63) is 82.1 Å². The van der Waals surface area contributed by atoms with Gasteiger partial charge in [-0.1, -0.05) is 12.1 Å². The lowest BCUT2D eigenvalue weighted by Gasteiger charge is -2.46. The number of aryl methyl sites for hydroxylation is 1. The van der Waals surface area contributed by atoms with Gasteiger partial charge in [-0.3, -0.25) is 13.9 Å². The molecule has 0 N–H and O–H groups in total. The van der Waals surface area contributed by atoms with Gasteiger partial charge in [0.2, 0.25) is 0 Å². The zero-order valence-corrected chi connectivity index (χ0v) is 23.1. The number of halogens is 4. The second kappa shape index (κ2) is 10.1. The predicted octanol–water partition coefficient (Wildman–Crippen LogP) is 4.83. The average Bonchev–Trinajstić information content (AvgIpc) is 3.50. The van der Waals surface area contributed by atoms with Crippen LogP contribution in [-0.2, 0) is 23.4 Å². The van der Waals surface area contributed by atoms with Crippen molar-refractivity contribution in [3.63, 3.8) is 0 Å². The van der Waals surface area contributed by atoms with E-state index in [4.69, 9.17) is 4.74 Å². The van der Waals surface area contributed by atoms with Crippen molar-refractivity contribution in [2.24, 2.45) is 7.05 Å². The van der Waals surface area contributed by atoms with Crippen molar-refractivity contribution in [1.82, 2.24) is 28.6 Å². The Morgan fingerprint density at radius 1 is 1.12 bits per heavy atom. The fourth-order valence-electron chi connectivity index (χ4n) is 6.42. The van der Waals surface area contributed by atoms with E-state index in [9.17, 15) is 22.4 Å². The first-order valence-corrected chi connectivity index (χ1v) is 13.7. The number of pyridine rings is 1. The van der Waals surface area contributed by atoms with Gasteiger partial charge in [-0.25, -0.2) is 9.18 Å². The summed E-state index contributed by atoms with van der Waals surface area (Å²) >= 11 is 0. The van der Waals surface area contributed by atoms with Gasteiger partial charge in [0.15, 0.2) is 0 Å². The fourth-order valence-corrected chi connectivity index (χ4v) is 6.42. The summed E-state index contributed by atoms with van der Waals surface area (Å²) in [7, 11) is 3.52. The van der Waals surface area contributed by atoms with Gasteiger partial charge >= 0.3 is 11.9 Å². The first-order valence-electron chi connectivity index (χ1n) is 13.7. The number of aromatic nitrogens is 5. The van der Waals surface area contributed by atoms with Crippen LogP contribution < -0.4 is 5.69 Å². The molecule has 2 fully saturated rings. The number of fused-ring (bicyclic) bond motifs is 1. The quantitative estimate of drug-likeness (QED) is 0.310. The summed E-state index contributed by atoms with van der Waals surface area (Å²) in [5, 5.41) is 8.40. The summed E-state index contributed by atoms with van der Waals surface area (Å²) in [5.74, 6) is 0.757. The van der Waals surface area contributed by atoms with Crippen LogP contribution in [0.1, 0.15) is 61.2 Å². The Balaban J connectivity index is 1.44. The van der Waals surface area contributed by atoms with Crippen molar-refractivity contribution < 1.29 is 22.3 Å². The minimum absolute atomic E-state index is 0.0283. The van der Waals surface area contributed by atoms with E-state index in [1.54, 1.807) is 32.5 Å². The molecule has 2 aliphatic rings. The summed E-state index contributed by atoms with van der Waals surface area (Å²) < 4.78 is 66.4. The molecule has 3 aromatic heterocycles. The van der Waals surface area contributed by atoms with Crippen LogP contribution in [-0.4, -0.2) is 61.1 Å². The molecule has 0 unspecified atom stereocenters. The van der Waals surface area contributed by atoms with Crippen LogP contribution in [0, 0.1) is 0 Å². The third-order valence-corrected chi connectivity index (χ3v) is 8.88. The normalized spacial score (nSPS) is 23.1. The van der Waals surface area contributed by atoms with Gasteiger partial charge in [0.25, 0.3) is 0 Å². The maximum Gasteiger partial charge on any atom is 0.418 e. The zero-order valence-electron chi connectivity index (χ0n) is 23.1. The number of hydrogen-bond donors (Lipinski definition) is 0. The van der Waals surface area contributed by atoms with E-state index >= 15 is 0 Å². The number of alkyl halides is 4. The molecule has 41 heavy (non-hydrogen) atoms. The van der Waals surface area contributed by atoms with Gasteiger partial charge < -0.3 is 9.30 Å². The van der Waals surface area contributed by atoms with Gasteiger partial charge in [0, 0.05) is 45.7 Å². The molecule has 218 valence electrons. The lowest BCUT2D eigenvalue weighted by atomic mass is 9.62. The number of nitrogens with zero attached hydrogens (tertiary/aromatic N) is 6. The maximum absolute atomic E-state index is 14.3. The Morgan fingerprint density at radius 2 is 1.85 bits per heavy atom. The number of likely N-dealkylation sites (tertiary alicyclic amines) is 1. The highest BCUT2D eigenvalue weighted by Gasteiger charge is 2.50. The molecule has 1 aromatic carbocycles. The molecule has 0 bridgehead atoms. The number of rotatable bonds is 6. The monoisotopic (exact) mass is 572 g/mol. The molecule has 1 atom stereocenters. The summed E-state index contributed by atoms with van der Waals surface area (Å²) in [4.78, 5) is 15.6.